The van der Waals surface area contributed by atoms with Gasteiger partial charge >= 0.3 is 0 Å². The Kier molecular flexibility index (Phi) is 4.12. The smallest absolute Gasteiger partial charge is 0.147 e. The zero-order chi connectivity index (χ0) is 12.3. The number of aryl methyl sites for hydroxylation is 1. The van der Waals surface area contributed by atoms with E-state index in [0.29, 0.717) is 6.04 Å². The van der Waals surface area contributed by atoms with Gasteiger partial charge in [0, 0.05) is 19.1 Å². The molecule has 1 unspecified atom stereocenters. The Morgan fingerprint density at radius 1 is 1.35 bits per heavy atom. The number of hydrogen-bond donors (Lipinski definition) is 1. The molecule has 1 aliphatic rings. The van der Waals surface area contributed by atoms with Gasteiger partial charge in [-0.2, -0.15) is 0 Å². The highest BCUT2D eigenvalue weighted by Crippen LogP contribution is 2.18. The van der Waals surface area contributed by atoms with Crippen LogP contribution >= 0.6 is 0 Å². The Hall–Kier alpha value is -0.940. The minimum atomic E-state index is 0.520. The van der Waals surface area contributed by atoms with Gasteiger partial charge in [0.2, 0.25) is 0 Å². The van der Waals surface area contributed by atoms with Crippen LogP contribution in [-0.4, -0.2) is 38.8 Å². The third-order valence-electron chi connectivity index (χ3n) is 3.69. The van der Waals surface area contributed by atoms with Crippen molar-refractivity contribution in [2.75, 3.05) is 13.1 Å². The van der Waals surface area contributed by atoms with E-state index in [0.717, 1.165) is 37.8 Å². The van der Waals surface area contributed by atoms with E-state index < -0.39 is 0 Å². The van der Waals surface area contributed by atoms with Crippen molar-refractivity contribution in [1.82, 2.24) is 19.7 Å². The molecule has 2 heterocycles. The topological polar surface area (TPSA) is 60.0 Å². The summed E-state index contributed by atoms with van der Waals surface area (Å²) < 4.78 is 2.18. The minimum Gasteiger partial charge on any atom is -0.329 e. The lowest BCUT2D eigenvalue weighted by molar-refractivity contribution is 0.139. The van der Waals surface area contributed by atoms with Gasteiger partial charge in [0.15, 0.2) is 0 Å². The van der Waals surface area contributed by atoms with E-state index in [1.807, 2.05) is 6.92 Å². The number of hydrogen-bond acceptors (Lipinski definition) is 4. The van der Waals surface area contributed by atoms with E-state index in [2.05, 4.69) is 26.6 Å². The van der Waals surface area contributed by atoms with Crippen molar-refractivity contribution in [3.8, 4) is 0 Å². The largest absolute Gasteiger partial charge is 0.329 e. The van der Waals surface area contributed by atoms with Crippen molar-refractivity contribution in [3.05, 3.63) is 11.6 Å². The fourth-order valence-corrected chi connectivity index (χ4v) is 2.67. The Morgan fingerprint density at radius 3 is 2.88 bits per heavy atom. The summed E-state index contributed by atoms with van der Waals surface area (Å²) >= 11 is 0. The van der Waals surface area contributed by atoms with Crippen molar-refractivity contribution in [2.45, 2.75) is 52.2 Å². The van der Waals surface area contributed by atoms with E-state index >= 15 is 0 Å². The molecule has 0 saturated carbocycles. The van der Waals surface area contributed by atoms with Gasteiger partial charge in [-0.3, -0.25) is 4.90 Å². The van der Waals surface area contributed by atoms with Crippen LogP contribution in [0.15, 0.2) is 0 Å². The number of aromatic nitrogens is 3. The fourth-order valence-electron chi connectivity index (χ4n) is 2.67. The predicted molar refractivity (Wildman–Crippen MR) is 67.5 cm³/mol. The van der Waals surface area contributed by atoms with E-state index in [4.69, 9.17) is 5.73 Å². The summed E-state index contributed by atoms with van der Waals surface area (Å²) in [5.74, 6) is 2.08. The molecule has 0 amide bonds. The molecule has 1 fully saturated rings. The predicted octanol–water partition coefficient (Wildman–Crippen LogP) is 0.920. The van der Waals surface area contributed by atoms with Gasteiger partial charge in [-0.25, -0.2) is 0 Å². The first-order valence-corrected chi connectivity index (χ1v) is 6.59. The molecule has 1 aromatic heterocycles. The lowest BCUT2D eigenvalue weighted by Gasteiger charge is -2.34. The van der Waals surface area contributed by atoms with Gasteiger partial charge in [0.25, 0.3) is 0 Å². The lowest BCUT2D eigenvalue weighted by atomic mass is 10.0. The highest BCUT2D eigenvalue weighted by Gasteiger charge is 2.22. The van der Waals surface area contributed by atoms with Gasteiger partial charge in [-0.15, -0.1) is 10.2 Å². The van der Waals surface area contributed by atoms with Crippen LogP contribution in [0.25, 0.3) is 0 Å². The average Bonchev–Trinajstić information content (AvgIpc) is 2.70. The van der Waals surface area contributed by atoms with Gasteiger partial charge in [-0.1, -0.05) is 6.42 Å². The van der Waals surface area contributed by atoms with Crippen molar-refractivity contribution in [3.63, 3.8) is 0 Å². The van der Waals surface area contributed by atoms with Crippen molar-refractivity contribution in [2.24, 2.45) is 5.73 Å². The standard InChI is InChI=1S/C12H23N5/c1-3-17-10(2)14-15-12(17)9-16-7-5-4-6-11(16)8-13/h11H,3-9,13H2,1-2H3. The summed E-state index contributed by atoms with van der Waals surface area (Å²) in [7, 11) is 0. The maximum atomic E-state index is 5.84. The van der Waals surface area contributed by atoms with Crippen LogP contribution in [0.4, 0.5) is 0 Å². The minimum absolute atomic E-state index is 0.520. The van der Waals surface area contributed by atoms with E-state index in [-0.39, 0.29) is 0 Å². The first-order chi connectivity index (χ1) is 8.26. The normalized spacial score (nSPS) is 21.9. The second-order valence-electron chi connectivity index (χ2n) is 4.76. The molecule has 0 aromatic carbocycles. The summed E-state index contributed by atoms with van der Waals surface area (Å²) in [4.78, 5) is 2.46. The van der Waals surface area contributed by atoms with Crippen LogP contribution in [0.5, 0.6) is 0 Å². The van der Waals surface area contributed by atoms with Crippen LogP contribution in [-0.2, 0) is 13.1 Å². The van der Waals surface area contributed by atoms with Crippen LogP contribution in [0.3, 0.4) is 0 Å². The number of likely N-dealkylation sites (tertiary alicyclic amines) is 1. The summed E-state index contributed by atoms with van der Waals surface area (Å²) in [5, 5.41) is 8.44. The molecule has 1 aliphatic heterocycles. The quantitative estimate of drug-likeness (QED) is 0.846. The molecule has 96 valence electrons. The molecular weight excluding hydrogens is 214 g/mol. The lowest BCUT2D eigenvalue weighted by Crippen LogP contribution is -2.43. The Bertz CT molecular complexity index is 360. The Balaban J connectivity index is 2.08. The molecule has 1 aromatic rings. The molecule has 1 saturated heterocycles. The second-order valence-corrected chi connectivity index (χ2v) is 4.76. The third kappa shape index (κ3) is 2.66. The van der Waals surface area contributed by atoms with Gasteiger partial charge in [0.05, 0.1) is 6.54 Å². The summed E-state index contributed by atoms with van der Waals surface area (Å²) in [5.41, 5.74) is 5.84. The molecule has 1 atom stereocenters. The van der Waals surface area contributed by atoms with Crippen LogP contribution in [0.2, 0.25) is 0 Å². The second kappa shape index (κ2) is 5.60. The number of nitrogens with zero attached hydrogens (tertiary/aromatic N) is 4. The van der Waals surface area contributed by atoms with Gasteiger partial charge in [0.1, 0.15) is 11.6 Å². The van der Waals surface area contributed by atoms with E-state index in [1.165, 1.54) is 19.3 Å². The summed E-state index contributed by atoms with van der Waals surface area (Å²) in [6.45, 7) is 7.86. The highest BCUT2D eigenvalue weighted by molar-refractivity contribution is 4.95. The van der Waals surface area contributed by atoms with E-state index in [1.54, 1.807) is 0 Å². The van der Waals surface area contributed by atoms with Crippen molar-refractivity contribution in [1.29, 1.82) is 0 Å². The summed E-state index contributed by atoms with van der Waals surface area (Å²) in [6, 6.07) is 0.520. The maximum Gasteiger partial charge on any atom is 0.147 e. The SMILES string of the molecule is CCn1c(C)nnc1CN1CCCCC1CN. The van der Waals surface area contributed by atoms with Gasteiger partial charge in [-0.05, 0) is 33.2 Å². The molecule has 0 aliphatic carbocycles. The molecular formula is C12H23N5. The van der Waals surface area contributed by atoms with Crippen molar-refractivity contribution < 1.29 is 0 Å². The first-order valence-electron chi connectivity index (χ1n) is 6.59. The molecule has 0 radical (unpaired) electrons. The van der Waals surface area contributed by atoms with Crippen LogP contribution in [0.1, 0.15) is 37.8 Å². The molecule has 0 spiro atoms. The Labute approximate surface area is 103 Å². The van der Waals surface area contributed by atoms with Gasteiger partial charge < -0.3 is 10.3 Å². The average molecular weight is 237 g/mol. The molecule has 5 nitrogen and oxygen atoms in total. The number of nitrogens with two attached hydrogens (primary N) is 1. The Morgan fingerprint density at radius 2 is 2.18 bits per heavy atom. The van der Waals surface area contributed by atoms with Crippen LogP contribution < -0.4 is 5.73 Å². The molecule has 17 heavy (non-hydrogen) atoms. The summed E-state index contributed by atoms with van der Waals surface area (Å²) in [6.07, 6.45) is 3.79. The molecule has 5 heteroatoms. The van der Waals surface area contributed by atoms with Crippen molar-refractivity contribution >= 4 is 0 Å². The number of rotatable bonds is 4. The molecule has 0 bridgehead atoms. The fraction of sp³-hybridized carbons (Fsp3) is 0.833. The monoisotopic (exact) mass is 237 g/mol. The zero-order valence-corrected chi connectivity index (χ0v) is 10.9. The molecule has 2 rings (SSSR count). The van der Waals surface area contributed by atoms with E-state index in [9.17, 15) is 0 Å². The zero-order valence-electron chi connectivity index (χ0n) is 10.9. The van der Waals surface area contributed by atoms with Crippen LogP contribution in [0, 0.1) is 6.92 Å². The maximum absolute atomic E-state index is 5.84. The number of piperidine rings is 1. The third-order valence-corrected chi connectivity index (χ3v) is 3.69. The first kappa shape index (κ1) is 12.5. The molecule has 2 N–H and O–H groups in total. The highest BCUT2D eigenvalue weighted by atomic mass is 15.3.